The number of hydrogen-bond donors (Lipinski definition) is 1. The van der Waals surface area contributed by atoms with Gasteiger partial charge in [0.05, 0.1) is 31.0 Å². The zero-order valence-electron chi connectivity index (χ0n) is 14.6. The summed E-state index contributed by atoms with van der Waals surface area (Å²) in [5.41, 5.74) is -0.701. The molecular formula is C16H19BCl2F2N2O3. The molecule has 1 aromatic carbocycles. The molecule has 0 saturated heterocycles. The molecule has 0 spiro atoms. The van der Waals surface area contributed by atoms with Crippen molar-refractivity contribution in [3.63, 3.8) is 0 Å². The van der Waals surface area contributed by atoms with Gasteiger partial charge < -0.3 is 15.0 Å². The minimum absolute atomic E-state index is 0.106. The van der Waals surface area contributed by atoms with Crippen LogP contribution in [0.2, 0.25) is 16.4 Å². The van der Waals surface area contributed by atoms with Gasteiger partial charge in [-0.05, 0) is 45.3 Å². The Morgan fingerprint density at radius 3 is 2.35 bits per heavy atom. The second-order valence-electron chi connectivity index (χ2n) is 6.49. The maximum atomic E-state index is 14.3. The first-order valence-corrected chi connectivity index (χ1v) is 8.40. The summed E-state index contributed by atoms with van der Waals surface area (Å²) in [6.07, 6.45) is -1.46. The number of ether oxygens (including phenoxy) is 1. The summed E-state index contributed by atoms with van der Waals surface area (Å²) in [5, 5.41) is 2.31. The molecule has 0 heterocycles. The molecule has 0 aromatic heterocycles. The standard InChI is InChI=1S/C16H19BCl2F2N2O3/c1-15(2,3)26-14(25)22-8-16(20,21)9-23(13(24)7-17)10-4-5-11(18)12(19)6-10/h4-6H,7-9H2,1-3H3,(H,22,25). The fraction of sp³-hybridized carbons (Fsp3) is 0.500. The Balaban J connectivity index is 2.87. The Morgan fingerprint density at radius 2 is 1.85 bits per heavy atom. The van der Waals surface area contributed by atoms with Crippen molar-refractivity contribution in [3.05, 3.63) is 28.2 Å². The minimum atomic E-state index is -3.44. The van der Waals surface area contributed by atoms with Crippen molar-refractivity contribution in [3.8, 4) is 0 Å². The van der Waals surface area contributed by atoms with Crippen molar-refractivity contribution in [2.75, 3.05) is 18.0 Å². The zero-order chi connectivity index (χ0) is 20.1. The fourth-order valence-electron chi connectivity index (χ4n) is 1.89. The molecule has 2 amide bonds. The van der Waals surface area contributed by atoms with Crippen LogP contribution in [0.25, 0.3) is 0 Å². The Kier molecular flexibility index (Phi) is 7.71. The number of hydrogen-bond acceptors (Lipinski definition) is 3. The first-order chi connectivity index (χ1) is 11.8. The number of carbonyl (C=O) groups excluding carboxylic acids is 2. The van der Waals surface area contributed by atoms with Crippen LogP contribution >= 0.6 is 23.2 Å². The van der Waals surface area contributed by atoms with Crippen LogP contribution in [0.15, 0.2) is 18.2 Å². The molecule has 142 valence electrons. The number of alkyl halides is 2. The third-order valence-electron chi connectivity index (χ3n) is 2.97. The van der Waals surface area contributed by atoms with Gasteiger partial charge in [0, 0.05) is 5.69 Å². The van der Waals surface area contributed by atoms with E-state index in [9.17, 15) is 18.4 Å². The van der Waals surface area contributed by atoms with Gasteiger partial charge in [0.1, 0.15) is 5.60 Å². The van der Waals surface area contributed by atoms with Crippen molar-refractivity contribution in [2.24, 2.45) is 0 Å². The van der Waals surface area contributed by atoms with Crippen LogP contribution in [0.4, 0.5) is 19.3 Å². The molecular weight excluding hydrogens is 388 g/mol. The van der Waals surface area contributed by atoms with Gasteiger partial charge in [-0.25, -0.2) is 13.6 Å². The monoisotopic (exact) mass is 406 g/mol. The summed E-state index contributed by atoms with van der Waals surface area (Å²) >= 11 is 11.7. The van der Waals surface area contributed by atoms with Crippen molar-refractivity contribution < 1.29 is 23.1 Å². The van der Waals surface area contributed by atoms with Crippen molar-refractivity contribution in [1.29, 1.82) is 0 Å². The molecule has 0 fully saturated rings. The van der Waals surface area contributed by atoms with Crippen LogP contribution in [0, 0.1) is 0 Å². The largest absolute Gasteiger partial charge is 0.444 e. The average Bonchev–Trinajstić information content (AvgIpc) is 2.51. The molecule has 1 aromatic rings. The highest BCUT2D eigenvalue weighted by Gasteiger charge is 2.35. The Labute approximate surface area is 162 Å². The molecule has 0 aliphatic carbocycles. The Morgan fingerprint density at radius 1 is 1.23 bits per heavy atom. The van der Waals surface area contributed by atoms with Crippen LogP contribution in [0.5, 0.6) is 0 Å². The SMILES string of the molecule is [B]CC(=O)N(CC(F)(F)CNC(=O)OC(C)(C)C)c1ccc(Cl)c(Cl)c1. The van der Waals surface area contributed by atoms with E-state index in [1.165, 1.54) is 18.2 Å². The third kappa shape index (κ3) is 7.37. The smallest absolute Gasteiger partial charge is 0.407 e. The lowest BCUT2D eigenvalue weighted by Gasteiger charge is -2.28. The first kappa shape index (κ1) is 22.5. The van der Waals surface area contributed by atoms with Gasteiger partial charge in [-0.15, -0.1) is 0 Å². The molecule has 26 heavy (non-hydrogen) atoms. The lowest BCUT2D eigenvalue weighted by molar-refractivity contribution is -0.117. The molecule has 0 aliphatic rings. The van der Waals surface area contributed by atoms with E-state index in [1.54, 1.807) is 20.8 Å². The second-order valence-corrected chi connectivity index (χ2v) is 7.31. The van der Waals surface area contributed by atoms with Crippen LogP contribution in [-0.2, 0) is 9.53 Å². The van der Waals surface area contributed by atoms with E-state index >= 15 is 0 Å². The molecule has 2 radical (unpaired) electrons. The number of carbonyl (C=O) groups is 2. The maximum absolute atomic E-state index is 14.3. The highest BCUT2D eigenvalue weighted by molar-refractivity contribution is 6.42. The number of alkyl carbamates (subject to hydrolysis) is 1. The molecule has 0 atom stereocenters. The summed E-state index contributed by atoms with van der Waals surface area (Å²) in [6.45, 7) is 2.80. The van der Waals surface area contributed by atoms with E-state index < -0.39 is 42.9 Å². The Hall–Kier alpha value is -1.54. The number of benzene rings is 1. The normalized spacial score (nSPS) is 11.8. The molecule has 10 heteroatoms. The molecule has 0 aliphatic heterocycles. The summed E-state index contributed by atoms with van der Waals surface area (Å²) in [5.74, 6) is -4.17. The average molecular weight is 407 g/mol. The zero-order valence-corrected chi connectivity index (χ0v) is 16.1. The fourth-order valence-corrected chi connectivity index (χ4v) is 2.18. The maximum Gasteiger partial charge on any atom is 0.407 e. The molecule has 5 nitrogen and oxygen atoms in total. The van der Waals surface area contributed by atoms with E-state index in [1.807, 2.05) is 5.32 Å². The number of nitrogens with one attached hydrogen (secondary N) is 1. The van der Waals surface area contributed by atoms with E-state index in [0.717, 1.165) is 4.90 Å². The van der Waals surface area contributed by atoms with Gasteiger partial charge in [-0.3, -0.25) is 4.79 Å². The molecule has 0 bridgehead atoms. The van der Waals surface area contributed by atoms with Gasteiger partial charge >= 0.3 is 6.09 Å². The van der Waals surface area contributed by atoms with Gasteiger partial charge in [0.25, 0.3) is 5.92 Å². The van der Waals surface area contributed by atoms with Crippen molar-refractivity contribution in [2.45, 2.75) is 38.6 Å². The summed E-state index contributed by atoms with van der Waals surface area (Å²) in [7, 11) is 5.30. The van der Waals surface area contributed by atoms with E-state index in [2.05, 4.69) is 0 Å². The van der Waals surface area contributed by atoms with Gasteiger partial charge in [0.15, 0.2) is 0 Å². The molecule has 1 N–H and O–H groups in total. The number of rotatable bonds is 6. The van der Waals surface area contributed by atoms with Crippen LogP contribution < -0.4 is 10.2 Å². The molecule has 0 saturated carbocycles. The lowest BCUT2D eigenvalue weighted by atomic mass is 10.0. The summed E-state index contributed by atoms with van der Waals surface area (Å²) < 4.78 is 33.4. The van der Waals surface area contributed by atoms with Crippen LogP contribution in [0.3, 0.4) is 0 Å². The number of halogens is 4. The predicted octanol–water partition coefficient (Wildman–Crippen LogP) is 4.07. The minimum Gasteiger partial charge on any atom is -0.444 e. The first-order valence-electron chi connectivity index (χ1n) is 7.65. The molecule has 1 rings (SSSR count). The summed E-state index contributed by atoms with van der Waals surface area (Å²) in [4.78, 5) is 24.3. The lowest BCUT2D eigenvalue weighted by Crippen LogP contribution is -2.48. The van der Waals surface area contributed by atoms with E-state index in [-0.39, 0.29) is 15.7 Å². The number of anilines is 1. The highest BCUT2D eigenvalue weighted by Crippen LogP contribution is 2.29. The number of amides is 2. The topological polar surface area (TPSA) is 58.6 Å². The van der Waals surface area contributed by atoms with Crippen molar-refractivity contribution in [1.82, 2.24) is 5.32 Å². The predicted molar refractivity (Wildman–Crippen MR) is 98.6 cm³/mol. The Bertz CT molecular complexity index is 669. The number of nitrogens with zero attached hydrogens (tertiary/aromatic N) is 1. The molecule has 0 unspecified atom stereocenters. The van der Waals surface area contributed by atoms with Crippen LogP contribution in [-0.4, -0.2) is 44.5 Å². The van der Waals surface area contributed by atoms with Crippen molar-refractivity contribution >= 4 is 48.7 Å². The van der Waals surface area contributed by atoms with Gasteiger partial charge in [-0.2, -0.15) is 0 Å². The van der Waals surface area contributed by atoms with E-state index in [0.29, 0.717) is 0 Å². The highest BCUT2D eigenvalue weighted by atomic mass is 35.5. The quantitative estimate of drug-likeness (QED) is 0.724. The van der Waals surface area contributed by atoms with E-state index in [4.69, 9.17) is 35.8 Å². The van der Waals surface area contributed by atoms with Gasteiger partial charge in [-0.1, -0.05) is 23.2 Å². The summed E-state index contributed by atoms with van der Waals surface area (Å²) in [6, 6.07) is 4.04. The second kappa shape index (κ2) is 8.91. The van der Waals surface area contributed by atoms with Crippen LogP contribution in [0.1, 0.15) is 20.8 Å². The van der Waals surface area contributed by atoms with Gasteiger partial charge in [0.2, 0.25) is 5.91 Å². The third-order valence-corrected chi connectivity index (χ3v) is 3.71.